The van der Waals surface area contributed by atoms with Crippen molar-refractivity contribution in [2.24, 2.45) is 5.10 Å². The van der Waals surface area contributed by atoms with Gasteiger partial charge in [0.1, 0.15) is 13.1 Å². The van der Waals surface area contributed by atoms with Gasteiger partial charge in [-0.15, -0.1) is 0 Å². The first-order valence-electron chi connectivity index (χ1n) is 6.29. The Kier molecular flexibility index (Phi) is 5.45. The molecule has 0 spiro atoms. The number of hydrazone groups is 1. The van der Waals surface area contributed by atoms with Crippen LogP contribution in [-0.4, -0.2) is 43.6 Å². The standard InChI is InChI=1S/C12H15BrN4O3/c13-10-1-3-11(4-2-10)14-15-12(17(18)19)9-16-5-7-20-8-6-16/h1-4,14H,5-9H2/p+1/b15-12+. The van der Waals surface area contributed by atoms with E-state index >= 15 is 0 Å². The second-order valence-electron chi connectivity index (χ2n) is 4.44. The highest BCUT2D eigenvalue weighted by atomic mass is 79.9. The molecule has 2 N–H and O–H groups in total. The lowest BCUT2D eigenvalue weighted by molar-refractivity contribution is -0.901. The first-order chi connectivity index (χ1) is 9.65. The van der Waals surface area contributed by atoms with Gasteiger partial charge in [-0.05, 0) is 29.2 Å². The third-order valence-electron chi connectivity index (χ3n) is 2.98. The highest BCUT2D eigenvalue weighted by Crippen LogP contribution is 2.13. The number of quaternary nitrogens is 1. The van der Waals surface area contributed by atoms with Crippen LogP contribution in [0.1, 0.15) is 0 Å². The van der Waals surface area contributed by atoms with E-state index in [1.165, 1.54) is 0 Å². The Morgan fingerprint density at radius 2 is 2.05 bits per heavy atom. The van der Waals surface area contributed by atoms with Gasteiger partial charge in [0, 0.05) is 4.47 Å². The molecule has 1 heterocycles. The highest BCUT2D eigenvalue weighted by molar-refractivity contribution is 9.10. The molecule has 7 nitrogen and oxygen atoms in total. The molecule has 0 bridgehead atoms. The maximum Gasteiger partial charge on any atom is 0.418 e. The van der Waals surface area contributed by atoms with Gasteiger partial charge in [-0.2, -0.15) is 5.43 Å². The summed E-state index contributed by atoms with van der Waals surface area (Å²) in [5, 5.41) is 14.9. The number of rotatable bonds is 4. The van der Waals surface area contributed by atoms with E-state index in [-0.39, 0.29) is 5.84 Å². The predicted molar refractivity (Wildman–Crippen MR) is 78.6 cm³/mol. The molecule has 1 saturated heterocycles. The van der Waals surface area contributed by atoms with Gasteiger partial charge >= 0.3 is 5.84 Å². The molecule has 1 aromatic rings. The topological polar surface area (TPSA) is 81.2 Å². The van der Waals surface area contributed by atoms with E-state index in [2.05, 4.69) is 26.5 Å². The summed E-state index contributed by atoms with van der Waals surface area (Å²) in [6.07, 6.45) is 0. The Bertz CT molecular complexity index is 486. The van der Waals surface area contributed by atoms with Crippen molar-refractivity contribution < 1.29 is 14.6 Å². The minimum Gasteiger partial charge on any atom is -0.370 e. The van der Waals surface area contributed by atoms with Gasteiger partial charge in [-0.3, -0.25) is 0 Å². The molecule has 1 fully saturated rings. The zero-order valence-electron chi connectivity index (χ0n) is 10.8. The normalized spacial score (nSPS) is 16.9. The molecule has 108 valence electrons. The van der Waals surface area contributed by atoms with Gasteiger partial charge in [0.2, 0.25) is 0 Å². The third kappa shape index (κ3) is 4.55. The van der Waals surface area contributed by atoms with Crippen LogP contribution in [0.25, 0.3) is 0 Å². The fraction of sp³-hybridized carbons (Fsp3) is 0.417. The van der Waals surface area contributed by atoms with Crippen LogP contribution in [0.4, 0.5) is 5.69 Å². The molecule has 0 amide bonds. The lowest BCUT2D eigenvalue weighted by atomic mass is 10.3. The first-order valence-corrected chi connectivity index (χ1v) is 7.08. The summed E-state index contributed by atoms with van der Waals surface area (Å²) >= 11 is 3.33. The number of morpholine rings is 1. The summed E-state index contributed by atoms with van der Waals surface area (Å²) < 4.78 is 6.18. The van der Waals surface area contributed by atoms with E-state index in [4.69, 9.17) is 4.74 Å². The second-order valence-corrected chi connectivity index (χ2v) is 5.36. The van der Waals surface area contributed by atoms with Gasteiger partial charge in [0.25, 0.3) is 0 Å². The molecule has 1 aliphatic heterocycles. The Labute approximate surface area is 124 Å². The molecule has 2 rings (SSSR count). The third-order valence-corrected chi connectivity index (χ3v) is 3.51. The van der Waals surface area contributed by atoms with Crippen LogP contribution in [0, 0.1) is 10.1 Å². The average Bonchev–Trinajstić information content (AvgIpc) is 2.46. The van der Waals surface area contributed by atoms with E-state index in [0.29, 0.717) is 25.4 Å². The number of ether oxygens (including phenoxy) is 1. The molecule has 8 heteroatoms. The van der Waals surface area contributed by atoms with Crippen molar-refractivity contribution in [1.29, 1.82) is 0 Å². The molecular weight excluding hydrogens is 328 g/mol. The zero-order chi connectivity index (χ0) is 14.4. The number of amidine groups is 1. The van der Waals surface area contributed by atoms with Crippen molar-refractivity contribution in [3.63, 3.8) is 0 Å². The van der Waals surface area contributed by atoms with Gasteiger partial charge in [-0.1, -0.05) is 15.9 Å². The van der Waals surface area contributed by atoms with Gasteiger partial charge < -0.3 is 19.8 Å². The Morgan fingerprint density at radius 3 is 2.65 bits per heavy atom. The monoisotopic (exact) mass is 343 g/mol. The molecule has 20 heavy (non-hydrogen) atoms. The predicted octanol–water partition coefficient (Wildman–Crippen LogP) is 0.366. The van der Waals surface area contributed by atoms with E-state index in [9.17, 15) is 10.1 Å². The van der Waals surface area contributed by atoms with Gasteiger partial charge in [0.15, 0.2) is 6.54 Å². The Hall–Kier alpha value is -1.51. The maximum absolute atomic E-state index is 11.0. The van der Waals surface area contributed by atoms with Crippen LogP contribution in [0.5, 0.6) is 0 Å². The van der Waals surface area contributed by atoms with E-state index < -0.39 is 4.92 Å². The number of benzene rings is 1. The fourth-order valence-electron chi connectivity index (χ4n) is 1.86. The summed E-state index contributed by atoms with van der Waals surface area (Å²) in [7, 11) is 0. The average molecular weight is 344 g/mol. The summed E-state index contributed by atoms with van der Waals surface area (Å²) in [6.45, 7) is 3.11. The van der Waals surface area contributed by atoms with Crippen molar-refractivity contribution in [3.8, 4) is 0 Å². The smallest absolute Gasteiger partial charge is 0.370 e. The Morgan fingerprint density at radius 1 is 1.40 bits per heavy atom. The molecule has 0 aromatic heterocycles. The fourth-order valence-corrected chi connectivity index (χ4v) is 2.12. The molecule has 0 saturated carbocycles. The van der Waals surface area contributed by atoms with Crippen molar-refractivity contribution in [2.75, 3.05) is 38.3 Å². The van der Waals surface area contributed by atoms with Crippen molar-refractivity contribution in [1.82, 2.24) is 0 Å². The molecule has 1 aliphatic rings. The second kappa shape index (κ2) is 7.32. The Balaban J connectivity index is 1.98. The molecule has 0 atom stereocenters. The SMILES string of the molecule is O=[N+]([O-])/C(C[NH+]1CCOCC1)=N/Nc1ccc(Br)cc1. The van der Waals surface area contributed by atoms with E-state index in [1.54, 1.807) is 12.1 Å². The lowest BCUT2D eigenvalue weighted by Crippen LogP contribution is -3.15. The summed E-state index contributed by atoms with van der Waals surface area (Å²) in [6, 6.07) is 7.29. The number of anilines is 1. The first kappa shape index (κ1) is 14.9. The largest absolute Gasteiger partial charge is 0.418 e. The number of hydrogen-bond donors (Lipinski definition) is 2. The maximum atomic E-state index is 11.0. The molecular formula is C12H16BrN4O3+. The van der Waals surface area contributed by atoms with Crippen LogP contribution < -0.4 is 10.3 Å². The van der Waals surface area contributed by atoms with E-state index in [0.717, 1.165) is 22.5 Å². The van der Waals surface area contributed by atoms with Crippen molar-refractivity contribution >= 4 is 27.5 Å². The van der Waals surface area contributed by atoms with Crippen LogP contribution in [0.3, 0.4) is 0 Å². The number of nitrogens with zero attached hydrogens (tertiary/aromatic N) is 2. The number of halogens is 1. The highest BCUT2D eigenvalue weighted by Gasteiger charge is 2.23. The zero-order valence-corrected chi connectivity index (χ0v) is 12.4. The number of hydrogen-bond acceptors (Lipinski definition) is 5. The minimum absolute atomic E-state index is 0.0650. The van der Waals surface area contributed by atoms with Crippen LogP contribution in [-0.2, 0) is 4.74 Å². The van der Waals surface area contributed by atoms with Crippen molar-refractivity contribution in [2.45, 2.75) is 0 Å². The van der Waals surface area contributed by atoms with Crippen LogP contribution in [0.15, 0.2) is 33.8 Å². The minimum atomic E-state index is -0.436. The summed E-state index contributed by atoms with van der Waals surface area (Å²) in [5.41, 5.74) is 3.44. The number of nitrogens with one attached hydrogen (secondary N) is 2. The van der Waals surface area contributed by atoms with Gasteiger partial charge in [0.05, 0.1) is 24.0 Å². The molecule has 0 unspecified atom stereocenters. The quantitative estimate of drug-likeness (QED) is 0.358. The molecule has 0 aliphatic carbocycles. The lowest BCUT2D eigenvalue weighted by Gasteiger charge is -2.21. The van der Waals surface area contributed by atoms with E-state index in [1.807, 2.05) is 12.1 Å². The van der Waals surface area contributed by atoms with Crippen molar-refractivity contribution in [3.05, 3.63) is 38.9 Å². The summed E-state index contributed by atoms with van der Waals surface area (Å²) in [4.78, 5) is 11.7. The molecule has 1 aromatic carbocycles. The number of nitro groups is 1. The van der Waals surface area contributed by atoms with Gasteiger partial charge in [-0.25, -0.2) is 0 Å². The van der Waals surface area contributed by atoms with Crippen LogP contribution in [0.2, 0.25) is 0 Å². The summed E-state index contributed by atoms with van der Waals surface area (Å²) in [5.74, 6) is -0.0650. The molecule has 0 radical (unpaired) electrons. The van der Waals surface area contributed by atoms with Crippen LogP contribution >= 0.6 is 15.9 Å².